The maximum atomic E-state index is 12.5. The molecule has 0 unspecified atom stereocenters. The van der Waals surface area contributed by atoms with E-state index in [9.17, 15) is 13.6 Å². The summed E-state index contributed by atoms with van der Waals surface area (Å²) in [7, 11) is 0. The van der Waals surface area contributed by atoms with E-state index in [1.54, 1.807) is 31.2 Å². The second-order valence-corrected chi connectivity index (χ2v) is 5.36. The van der Waals surface area contributed by atoms with Crippen molar-refractivity contribution >= 4 is 5.91 Å². The SMILES string of the molecule is Cc1cccc(C(=O)N[C@@H](C)c2ccccc2OC(F)F)c1C. The second-order valence-electron chi connectivity index (χ2n) is 5.36. The Morgan fingerprint density at radius 2 is 1.78 bits per heavy atom. The van der Waals surface area contributed by atoms with Crippen LogP contribution in [0.3, 0.4) is 0 Å². The summed E-state index contributed by atoms with van der Waals surface area (Å²) >= 11 is 0. The largest absolute Gasteiger partial charge is 0.434 e. The Morgan fingerprint density at radius 1 is 1.09 bits per heavy atom. The molecule has 0 radical (unpaired) electrons. The van der Waals surface area contributed by atoms with Gasteiger partial charge in [-0.2, -0.15) is 8.78 Å². The van der Waals surface area contributed by atoms with Crippen molar-refractivity contribution < 1.29 is 18.3 Å². The minimum atomic E-state index is -2.90. The fourth-order valence-corrected chi connectivity index (χ4v) is 2.39. The molecule has 5 heteroatoms. The van der Waals surface area contributed by atoms with Crippen molar-refractivity contribution in [3.8, 4) is 5.75 Å². The highest BCUT2D eigenvalue weighted by Crippen LogP contribution is 2.26. The van der Waals surface area contributed by atoms with Crippen LogP contribution in [0.15, 0.2) is 42.5 Å². The average Bonchev–Trinajstić information content (AvgIpc) is 2.49. The Morgan fingerprint density at radius 3 is 2.48 bits per heavy atom. The van der Waals surface area contributed by atoms with Crippen molar-refractivity contribution in [3.05, 3.63) is 64.7 Å². The minimum absolute atomic E-state index is 0.0660. The fourth-order valence-electron chi connectivity index (χ4n) is 2.39. The van der Waals surface area contributed by atoms with Gasteiger partial charge >= 0.3 is 6.61 Å². The number of carbonyl (C=O) groups excluding carboxylic acids is 1. The first-order chi connectivity index (χ1) is 10.9. The molecule has 0 saturated heterocycles. The third-order valence-corrected chi connectivity index (χ3v) is 3.80. The lowest BCUT2D eigenvalue weighted by Gasteiger charge is -2.19. The van der Waals surface area contributed by atoms with Crippen molar-refractivity contribution in [3.63, 3.8) is 0 Å². The van der Waals surface area contributed by atoms with Crippen molar-refractivity contribution in [1.82, 2.24) is 5.32 Å². The van der Waals surface area contributed by atoms with Crippen LogP contribution in [0.4, 0.5) is 8.78 Å². The third-order valence-electron chi connectivity index (χ3n) is 3.80. The summed E-state index contributed by atoms with van der Waals surface area (Å²) in [6.07, 6.45) is 0. The van der Waals surface area contributed by atoms with Gasteiger partial charge in [-0.3, -0.25) is 4.79 Å². The number of rotatable bonds is 5. The summed E-state index contributed by atoms with van der Waals surface area (Å²) in [4.78, 5) is 12.4. The van der Waals surface area contributed by atoms with Gasteiger partial charge in [0.1, 0.15) is 5.75 Å². The maximum Gasteiger partial charge on any atom is 0.387 e. The van der Waals surface area contributed by atoms with Crippen LogP contribution < -0.4 is 10.1 Å². The number of para-hydroxylation sites is 1. The highest BCUT2D eigenvalue weighted by atomic mass is 19.3. The average molecular weight is 319 g/mol. The normalized spacial score (nSPS) is 12.1. The van der Waals surface area contributed by atoms with Gasteiger partial charge in [0.05, 0.1) is 6.04 Å². The topological polar surface area (TPSA) is 38.3 Å². The molecular weight excluding hydrogens is 300 g/mol. The van der Waals surface area contributed by atoms with Gasteiger partial charge in [0, 0.05) is 11.1 Å². The van der Waals surface area contributed by atoms with Gasteiger partial charge in [0.25, 0.3) is 5.91 Å². The number of nitrogens with one attached hydrogen (secondary N) is 1. The molecule has 1 amide bonds. The van der Waals surface area contributed by atoms with Crippen LogP contribution in [0.5, 0.6) is 5.75 Å². The van der Waals surface area contributed by atoms with Gasteiger partial charge < -0.3 is 10.1 Å². The molecule has 1 N–H and O–H groups in total. The predicted octanol–water partition coefficient (Wildman–Crippen LogP) is 4.40. The van der Waals surface area contributed by atoms with Crippen LogP contribution >= 0.6 is 0 Å². The zero-order chi connectivity index (χ0) is 17.0. The number of halogens is 2. The van der Waals surface area contributed by atoms with Gasteiger partial charge in [0.15, 0.2) is 0 Å². The van der Waals surface area contributed by atoms with Crippen LogP contribution in [0.2, 0.25) is 0 Å². The number of hydrogen-bond acceptors (Lipinski definition) is 2. The molecule has 3 nitrogen and oxygen atoms in total. The Hall–Kier alpha value is -2.43. The van der Waals surface area contributed by atoms with Crippen LogP contribution in [0.25, 0.3) is 0 Å². The van der Waals surface area contributed by atoms with Gasteiger partial charge in [-0.1, -0.05) is 30.3 Å². The van der Waals surface area contributed by atoms with E-state index in [4.69, 9.17) is 0 Å². The summed E-state index contributed by atoms with van der Waals surface area (Å²) in [6, 6.07) is 11.5. The fraction of sp³-hybridized carbons (Fsp3) is 0.278. The number of benzene rings is 2. The maximum absolute atomic E-state index is 12.5. The zero-order valence-corrected chi connectivity index (χ0v) is 13.3. The molecule has 0 aliphatic heterocycles. The molecule has 2 aromatic carbocycles. The molecule has 122 valence electrons. The lowest BCUT2D eigenvalue weighted by molar-refractivity contribution is -0.0506. The van der Waals surface area contributed by atoms with Gasteiger partial charge in [-0.05, 0) is 44.0 Å². The number of alkyl halides is 2. The number of hydrogen-bond donors (Lipinski definition) is 1. The molecular formula is C18H19F2NO2. The summed E-state index contributed by atoms with van der Waals surface area (Å²) in [5.41, 5.74) is 3.00. The molecule has 2 rings (SSSR count). The standard InChI is InChI=1S/C18H19F2NO2/c1-11-7-6-9-14(12(11)2)17(22)21-13(3)15-8-4-5-10-16(15)23-18(19)20/h4-10,13,18H,1-3H3,(H,21,22)/t13-/m0/s1. The van der Waals surface area contributed by atoms with Crippen molar-refractivity contribution in [1.29, 1.82) is 0 Å². The van der Waals surface area contributed by atoms with Gasteiger partial charge in [0.2, 0.25) is 0 Å². The first-order valence-corrected chi connectivity index (χ1v) is 7.31. The molecule has 0 fully saturated rings. The third kappa shape index (κ3) is 4.06. The smallest absolute Gasteiger partial charge is 0.387 e. The number of amides is 1. The number of ether oxygens (including phenoxy) is 1. The molecule has 0 saturated carbocycles. The van der Waals surface area contributed by atoms with Crippen molar-refractivity contribution in [2.24, 2.45) is 0 Å². The van der Waals surface area contributed by atoms with E-state index in [2.05, 4.69) is 10.1 Å². The van der Waals surface area contributed by atoms with E-state index >= 15 is 0 Å². The Balaban J connectivity index is 2.20. The lowest BCUT2D eigenvalue weighted by atomic mass is 10.0. The van der Waals surface area contributed by atoms with Crippen LogP contribution in [-0.4, -0.2) is 12.5 Å². The van der Waals surface area contributed by atoms with Gasteiger partial charge in [-0.25, -0.2) is 0 Å². The summed E-state index contributed by atoms with van der Waals surface area (Å²) in [6.45, 7) is 2.64. The van der Waals surface area contributed by atoms with E-state index in [0.29, 0.717) is 11.1 Å². The number of aryl methyl sites for hydroxylation is 1. The first kappa shape index (κ1) is 16.9. The zero-order valence-electron chi connectivity index (χ0n) is 13.3. The van der Waals surface area contributed by atoms with Crippen molar-refractivity contribution in [2.75, 3.05) is 0 Å². The summed E-state index contributed by atoms with van der Waals surface area (Å²) < 4.78 is 29.5. The van der Waals surface area contributed by atoms with E-state index in [-0.39, 0.29) is 11.7 Å². The first-order valence-electron chi connectivity index (χ1n) is 7.31. The molecule has 2 aromatic rings. The molecule has 0 aliphatic carbocycles. The molecule has 1 atom stereocenters. The van der Waals surface area contributed by atoms with E-state index < -0.39 is 12.7 Å². The van der Waals surface area contributed by atoms with Crippen molar-refractivity contribution in [2.45, 2.75) is 33.4 Å². The molecule has 23 heavy (non-hydrogen) atoms. The van der Waals surface area contributed by atoms with Crippen LogP contribution in [-0.2, 0) is 0 Å². The highest BCUT2D eigenvalue weighted by Gasteiger charge is 2.18. The molecule has 0 bridgehead atoms. The monoisotopic (exact) mass is 319 g/mol. The second kappa shape index (κ2) is 7.22. The Kier molecular flexibility index (Phi) is 5.32. The van der Waals surface area contributed by atoms with E-state index in [1.807, 2.05) is 26.0 Å². The summed E-state index contributed by atoms with van der Waals surface area (Å²) in [5, 5.41) is 2.83. The lowest BCUT2D eigenvalue weighted by Crippen LogP contribution is -2.28. The van der Waals surface area contributed by atoms with Crippen LogP contribution in [0, 0.1) is 13.8 Å². The number of carbonyl (C=O) groups is 1. The van der Waals surface area contributed by atoms with Crippen LogP contribution in [0.1, 0.15) is 40.0 Å². The Bertz CT molecular complexity index is 701. The predicted molar refractivity (Wildman–Crippen MR) is 84.9 cm³/mol. The highest BCUT2D eigenvalue weighted by molar-refractivity contribution is 5.96. The van der Waals surface area contributed by atoms with E-state index in [0.717, 1.165) is 11.1 Å². The van der Waals surface area contributed by atoms with E-state index in [1.165, 1.54) is 6.07 Å². The molecule has 0 heterocycles. The van der Waals surface area contributed by atoms with Gasteiger partial charge in [-0.15, -0.1) is 0 Å². The minimum Gasteiger partial charge on any atom is -0.434 e. The molecule has 0 aliphatic rings. The quantitative estimate of drug-likeness (QED) is 0.887. The molecule has 0 aromatic heterocycles. The molecule has 0 spiro atoms. The Labute approximate surface area is 134 Å². The summed E-state index contributed by atoms with van der Waals surface area (Å²) in [5.74, 6) is -0.179.